The molecule has 18 heavy (non-hydrogen) atoms. The normalized spacial score (nSPS) is 10.6. The van der Waals surface area contributed by atoms with Gasteiger partial charge in [-0.1, -0.05) is 48.5 Å². The number of benzene rings is 1. The molecule has 94 valence electrons. The Kier molecular flexibility index (Phi) is 5.05. The van der Waals surface area contributed by atoms with Gasteiger partial charge in [-0.05, 0) is 30.3 Å². The summed E-state index contributed by atoms with van der Waals surface area (Å²) >= 11 is 7.89. The summed E-state index contributed by atoms with van der Waals surface area (Å²) in [5.74, 6) is 0. The van der Waals surface area contributed by atoms with Crippen LogP contribution in [-0.2, 0) is 6.54 Å². The van der Waals surface area contributed by atoms with Crippen LogP contribution in [0.15, 0.2) is 52.5 Å². The largest absolute Gasteiger partial charge is 0.313 e. The molecule has 1 N–H and O–H groups in total. The minimum absolute atomic E-state index is 0.779. The van der Waals surface area contributed by atoms with Gasteiger partial charge in [-0.2, -0.15) is 0 Å². The lowest BCUT2D eigenvalue weighted by Crippen LogP contribution is -2.12. The molecule has 0 radical (unpaired) electrons. The van der Waals surface area contributed by atoms with E-state index in [1.165, 1.54) is 5.56 Å². The third kappa shape index (κ3) is 3.48. The Morgan fingerprint density at radius 2 is 2.11 bits per heavy atom. The summed E-state index contributed by atoms with van der Waals surface area (Å²) in [4.78, 5) is 5.40. The summed E-state index contributed by atoms with van der Waals surface area (Å²) < 4.78 is 0. The Hall–Kier alpha value is -1.03. The molecule has 0 unspecified atom stereocenters. The van der Waals surface area contributed by atoms with Crippen LogP contribution in [0.3, 0.4) is 0 Å². The quantitative estimate of drug-likeness (QED) is 0.895. The van der Waals surface area contributed by atoms with Gasteiger partial charge in [0.1, 0.15) is 5.03 Å². The van der Waals surface area contributed by atoms with Gasteiger partial charge >= 0.3 is 0 Å². The highest BCUT2D eigenvalue weighted by molar-refractivity contribution is 7.99. The third-order valence-corrected chi connectivity index (χ3v) is 4.02. The maximum Gasteiger partial charge on any atom is 0.101 e. The lowest BCUT2D eigenvalue weighted by atomic mass is 10.2. The highest BCUT2D eigenvalue weighted by Gasteiger charge is 2.09. The predicted octanol–water partition coefficient (Wildman–Crippen LogP) is 4.00. The number of hydrogen-bond donors (Lipinski definition) is 1. The smallest absolute Gasteiger partial charge is 0.101 e. The van der Waals surface area contributed by atoms with Crippen molar-refractivity contribution in [2.24, 2.45) is 0 Å². The molecule has 2 aromatic rings. The first-order chi connectivity index (χ1) is 8.81. The van der Waals surface area contributed by atoms with Gasteiger partial charge < -0.3 is 5.32 Å². The maximum absolute atomic E-state index is 6.28. The van der Waals surface area contributed by atoms with Crippen LogP contribution in [0.25, 0.3) is 0 Å². The van der Waals surface area contributed by atoms with Crippen molar-refractivity contribution in [1.29, 1.82) is 0 Å². The maximum atomic E-state index is 6.28. The van der Waals surface area contributed by atoms with E-state index in [4.69, 9.17) is 11.6 Å². The van der Waals surface area contributed by atoms with Crippen LogP contribution in [0.5, 0.6) is 0 Å². The van der Waals surface area contributed by atoms with E-state index in [0.29, 0.717) is 0 Å². The van der Waals surface area contributed by atoms with E-state index < -0.39 is 0 Å². The van der Waals surface area contributed by atoms with Crippen molar-refractivity contribution in [1.82, 2.24) is 10.3 Å². The van der Waals surface area contributed by atoms with E-state index >= 15 is 0 Å². The molecule has 0 saturated heterocycles. The average molecular weight is 279 g/mol. The number of pyridine rings is 1. The van der Waals surface area contributed by atoms with E-state index in [2.05, 4.69) is 23.3 Å². The Morgan fingerprint density at radius 1 is 1.22 bits per heavy atom. The standard InChI is InChI=1S/C14H15ClN2S/c1-2-16-10-11-6-5-7-12(15)14(11)18-13-8-3-4-9-17-13/h3-9,16H,2,10H2,1H3. The second-order valence-corrected chi connectivity index (χ2v) is 5.22. The predicted molar refractivity (Wildman–Crippen MR) is 77.2 cm³/mol. The van der Waals surface area contributed by atoms with Gasteiger partial charge in [0.15, 0.2) is 0 Å². The van der Waals surface area contributed by atoms with Crippen molar-refractivity contribution in [3.63, 3.8) is 0 Å². The molecule has 2 rings (SSSR count). The lowest BCUT2D eigenvalue weighted by molar-refractivity contribution is 0.718. The molecule has 0 aliphatic heterocycles. The van der Waals surface area contributed by atoms with Crippen LogP contribution in [0, 0.1) is 0 Å². The van der Waals surface area contributed by atoms with Gasteiger partial charge in [0, 0.05) is 17.6 Å². The SMILES string of the molecule is CCNCc1cccc(Cl)c1Sc1ccccn1. The summed E-state index contributed by atoms with van der Waals surface area (Å²) in [7, 11) is 0. The molecule has 0 aliphatic carbocycles. The summed E-state index contributed by atoms with van der Waals surface area (Å²) in [6, 6.07) is 11.9. The molecule has 1 aromatic heterocycles. The van der Waals surface area contributed by atoms with E-state index in [0.717, 1.165) is 28.0 Å². The minimum Gasteiger partial charge on any atom is -0.313 e. The zero-order valence-electron chi connectivity index (χ0n) is 10.2. The molecule has 4 heteroatoms. The van der Waals surface area contributed by atoms with E-state index in [1.54, 1.807) is 18.0 Å². The third-order valence-electron chi connectivity index (χ3n) is 2.46. The van der Waals surface area contributed by atoms with Crippen LogP contribution in [0.4, 0.5) is 0 Å². The Balaban J connectivity index is 2.25. The first-order valence-electron chi connectivity index (χ1n) is 5.88. The number of nitrogens with zero attached hydrogens (tertiary/aromatic N) is 1. The molecule has 0 saturated carbocycles. The molecular formula is C14H15ClN2S. The first-order valence-corrected chi connectivity index (χ1v) is 7.07. The molecule has 2 nitrogen and oxygen atoms in total. The molecular weight excluding hydrogens is 264 g/mol. The van der Waals surface area contributed by atoms with Crippen molar-refractivity contribution >= 4 is 23.4 Å². The topological polar surface area (TPSA) is 24.9 Å². The van der Waals surface area contributed by atoms with Gasteiger partial charge in [-0.15, -0.1) is 0 Å². The number of hydrogen-bond acceptors (Lipinski definition) is 3. The zero-order chi connectivity index (χ0) is 12.8. The van der Waals surface area contributed by atoms with Crippen molar-refractivity contribution in [3.8, 4) is 0 Å². The molecule has 0 fully saturated rings. The Bertz CT molecular complexity index is 502. The van der Waals surface area contributed by atoms with E-state index in [1.807, 2.05) is 30.3 Å². The fraction of sp³-hybridized carbons (Fsp3) is 0.214. The van der Waals surface area contributed by atoms with Gasteiger partial charge in [0.05, 0.1) is 5.02 Å². The van der Waals surface area contributed by atoms with Crippen LogP contribution in [0.1, 0.15) is 12.5 Å². The minimum atomic E-state index is 0.779. The lowest BCUT2D eigenvalue weighted by Gasteiger charge is -2.10. The van der Waals surface area contributed by atoms with E-state index in [-0.39, 0.29) is 0 Å². The highest BCUT2D eigenvalue weighted by Crippen LogP contribution is 2.34. The van der Waals surface area contributed by atoms with Gasteiger partial charge in [0.2, 0.25) is 0 Å². The highest BCUT2D eigenvalue weighted by atomic mass is 35.5. The van der Waals surface area contributed by atoms with Gasteiger partial charge in [-0.25, -0.2) is 4.98 Å². The van der Waals surface area contributed by atoms with Crippen LogP contribution in [-0.4, -0.2) is 11.5 Å². The monoisotopic (exact) mass is 278 g/mol. The molecule has 1 heterocycles. The summed E-state index contributed by atoms with van der Waals surface area (Å²) in [5.41, 5.74) is 1.21. The number of rotatable bonds is 5. The molecule has 1 aromatic carbocycles. The van der Waals surface area contributed by atoms with E-state index in [9.17, 15) is 0 Å². The van der Waals surface area contributed by atoms with Crippen molar-refractivity contribution < 1.29 is 0 Å². The Labute approximate surface area is 117 Å². The van der Waals surface area contributed by atoms with Crippen LogP contribution < -0.4 is 5.32 Å². The van der Waals surface area contributed by atoms with Crippen molar-refractivity contribution in [3.05, 3.63) is 53.2 Å². The molecule has 0 bridgehead atoms. The van der Waals surface area contributed by atoms with Crippen molar-refractivity contribution in [2.45, 2.75) is 23.4 Å². The average Bonchev–Trinajstić information content (AvgIpc) is 2.41. The number of aromatic nitrogens is 1. The van der Waals surface area contributed by atoms with Crippen molar-refractivity contribution in [2.75, 3.05) is 6.54 Å². The summed E-state index contributed by atoms with van der Waals surface area (Å²) in [6.45, 7) is 3.86. The Morgan fingerprint density at radius 3 is 2.83 bits per heavy atom. The van der Waals surface area contributed by atoms with Crippen LogP contribution >= 0.6 is 23.4 Å². The fourth-order valence-electron chi connectivity index (χ4n) is 1.58. The zero-order valence-corrected chi connectivity index (χ0v) is 11.8. The molecule has 0 aliphatic rings. The van der Waals surface area contributed by atoms with Gasteiger partial charge in [-0.3, -0.25) is 0 Å². The van der Waals surface area contributed by atoms with Gasteiger partial charge in [0.25, 0.3) is 0 Å². The summed E-state index contributed by atoms with van der Waals surface area (Å²) in [5, 5.41) is 5.07. The molecule has 0 atom stereocenters. The number of nitrogens with one attached hydrogen (secondary N) is 1. The second kappa shape index (κ2) is 6.78. The molecule has 0 amide bonds. The van der Waals surface area contributed by atoms with Crippen LogP contribution in [0.2, 0.25) is 5.02 Å². The number of halogens is 1. The second-order valence-electron chi connectivity index (χ2n) is 3.78. The molecule has 0 spiro atoms. The first kappa shape index (κ1) is 13.4. The fourth-order valence-corrected chi connectivity index (χ4v) is 2.79. The summed E-state index contributed by atoms with van der Waals surface area (Å²) in [6.07, 6.45) is 1.79.